The van der Waals surface area contributed by atoms with Crippen molar-refractivity contribution in [3.63, 3.8) is 0 Å². The van der Waals surface area contributed by atoms with E-state index >= 15 is 0 Å². The number of likely N-dealkylation sites (tertiary alicyclic amines) is 1. The number of hydrogen-bond donors (Lipinski definition) is 0. The van der Waals surface area contributed by atoms with Gasteiger partial charge in [0, 0.05) is 62.2 Å². The Morgan fingerprint density at radius 3 is 2.84 bits per heavy atom. The van der Waals surface area contributed by atoms with Crippen LogP contribution in [0.2, 0.25) is 0 Å². The number of amides is 1. The molecule has 1 saturated heterocycles. The van der Waals surface area contributed by atoms with E-state index in [4.69, 9.17) is 4.74 Å². The summed E-state index contributed by atoms with van der Waals surface area (Å²) in [7, 11) is 2.07. The van der Waals surface area contributed by atoms with E-state index in [-0.39, 0.29) is 36.0 Å². The summed E-state index contributed by atoms with van der Waals surface area (Å²) in [5.74, 6) is -0.590. The van der Waals surface area contributed by atoms with Crippen molar-refractivity contribution >= 4 is 35.2 Å². The van der Waals surface area contributed by atoms with Crippen LogP contribution < -0.4 is 0 Å². The number of ether oxygens (including phenoxy) is 1. The lowest BCUT2D eigenvalue weighted by molar-refractivity contribution is -0.151. The van der Waals surface area contributed by atoms with Crippen molar-refractivity contribution in [2.75, 3.05) is 33.3 Å². The molecular formula is C23H31ClFN3O3. The van der Waals surface area contributed by atoms with Crippen molar-refractivity contribution in [1.29, 1.82) is 0 Å². The van der Waals surface area contributed by atoms with E-state index in [0.29, 0.717) is 32.7 Å². The second-order valence-electron chi connectivity index (χ2n) is 8.41. The lowest BCUT2D eigenvalue weighted by Gasteiger charge is -2.31. The maximum Gasteiger partial charge on any atom is 0.310 e. The van der Waals surface area contributed by atoms with Gasteiger partial charge in [-0.3, -0.25) is 9.59 Å². The quantitative estimate of drug-likeness (QED) is 0.654. The summed E-state index contributed by atoms with van der Waals surface area (Å²) in [6, 6.07) is 4.93. The number of benzene rings is 1. The Labute approximate surface area is 188 Å². The first-order chi connectivity index (χ1) is 14.5. The van der Waals surface area contributed by atoms with Crippen molar-refractivity contribution in [2.24, 2.45) is 5.92 Å². The van der Waals surface area contributed by atoms with Crippen molar-refractivity contribution in [3.8, 4) is 0 Å². The molecule has 2 aromatic rings. The van der Waals surface area contributed by atoms with Gasteiger partial charge >= 0.3 is 5.97 Å². The molecule has 1 amide bonds. The Balaban J connectivity index is 0.00000272. The summed E-state index contributed by atoms with van der Waals surface area (Å²) in [4.78, 5) is 29.0. The van der Waals surface area contributed by atoms with Crippen molar-refractivity contribution in [3.05, 3.63) is 35.3 Å². The van der Waals surface area contributed by atoms with Gasteiger partial charge in [0.2, 0.25) is 5.91 Å². The molecule has 3 heterocycles. The first kappa shape index (κ1) is 23.5. The van der Waals surface area contributed by atoms with Crippen LogP contribution >= 0.6 is 12.4 Å². The number of esters is 1. The van der Waals surface area contributed by atoms with Gasteiger partial charge in [-0.05, 0) is 50.6 Å². The summed E-state index contributed by atoms with van der Waals surface area (Å²) in [6.45, 7) is 5.62. The number of rotatable bonds is 5. The molecule has 1 aromatic heterocycles. The molecule has 0 N–H and O–H groups in total. The number of aromatic nitrogens is 1. The lowest BCUT2D eigenvalue weighted by atomic mass is 9.98. The van der Waals surface area contributed by atoms with Crippen LogP contribution in [0.25, 0.3) is 10.9 Å². The molecule has 0 saturated carbocycles. The van der Waals surface area contributed by atoms with Crippen LogP contribution in [0.15, 0.2) is 18.2 Å². The second kappa shape index (κ2) is 10.0. The van der Waals surface area contributed by atoms with Gasteiger partial charge in [-0.1, -0.05) is 0 Å². The van der Waals surface area contributed by atoms with Gasteiger partial charge in [-0.2, -0.15) is 0 Å². The second-order valence-corrected chi connectivity index (χ2v) is 8.41. The first-order valence-electron chi connectivity index (χ1n) is 10.9. The monoisotopic (exact) mass is 451 g/mol. The molecule has 1 fully saturated rings. The fourth-order valence-electron chi connectivity index (χ4n) is 4.83. The number of hydrogen-bond acceptors (Lipinski definition) is 4. The van der Waals surface area contributed by atoms with Gasteiger partial charge in [0.15, 0.2) is 0 Å². The van der Waals surface area contributed by atoms with Gasteiger partial charge in [0.25, 0.3) is 0 Å². The summed E-state index contributed by atoms with van der Waals surface area (Å²) >= 11 is 0. The maximum absolute atomic E-state index is 13.9. The summed E-state index contributed by atoms with van der Waals surface area (Å²) < 4.78 is 21.2. The molecule has 1 aromatic carbocycles. The highest BCUT2D eigenvalue weighted by atomic mass is 35.5. The molecule has 1 unspecified atom stereocenters. The zero-order valence-electron chi connectivity index (χ0n) is 18.2. The molecule has 170 valence electrons. The fourth-order valence-corrected chi connectivity index (χ4v) is 4.83. The topological polar surface area (TPSA) is 54.8 Å². The standard InChI is InChI=1S/C23H30FN3O3.ClH/c1-3-30-23(29)16-5-4-10-26(14-16)22(28)9-12-27-20-7-6-17(24)13-18(20)19-15-25(2)11-8-21(19)27;/h6-7,13,16H,3-5,8-12,14-15H2,1-2H3;1H. The van der Waals surface area contributed by atoms with Crippen molar-refractivity contribution in [2.45, 2.75) is 45.7 Å². The largest absolute Gasteiger partial charge is 0.466 e. The Morgan fingerprint density at radius 1 is 1.26 bits per heavy atom. The Kier molecular flexibility index (Phi) is 7.59. The molecule has 8 heteroatoms. The zero-order valence-corrected chi connectivity index (χ0v) is 19.0. The minimum atomic E-state index is -0.231. The van der Waals surface area contributed by atoms with Crippen LogP contribution in [0.1, 0.15) is 37.4 Å². The normalized spacial score (nSPS) is 19.1. The van der Waals surface area contributed by atoms with E-state index in [1.165, 1.54) is 17.3 Å². The van der Waals surface area contributed by atoms with Crippen LogP contribution in [0.5, 0.6) is 0 Å². The number of carbonyl (C=O) groups is 2. The van der Waals surface area contributed by atoms with Gasteiger partial charge in [-0.25, -0.2) is 4.39 Å². The summed E-state index contributed by atoms with van der Waals surface area (Å²) in [6.07, 6.45) is 2.87. The third-order valence-corrected chi connectivity index (χ3v) is 6.35. The predicted molar refractivity (Wildman–Crippen MR) is 120 cm³/mol. The predicted octanol–water partition coefficient (Wildman–Crippen LogP) is 3.38. The smallest absolute Gasteiger partial charge is 0.310 e. The van der Waals surface area contributed by atoms with E-state index in [0.717, 1.165) is 43.3 Å². The average molecular weight is 452 g/mol. The first-order valence-corrected chi connectivity index (χ1v) is 10.9. The molecular weight excluding hydrogens is 421 g/mol. The van der Waals surface area contributed by atoms with Gasteiger partial charge in [-0.15, -0.1) is 12.4 Å². The SMILES string of the molecule is CCOC(=O)C1CCCN(C(=O)CCn2c3c(c4cc(F)ccc42)CN(C)CC3)C1.Cl. The number of halogens is 2. The molecule has 2 aliphatic rings. The molecule has 6 nitrogen and oxygen atoms in total. The molecule has 0 bridgehead atoms. The van der Waals surface area contributed by atoms with Crippen LogP contribution in [-0.2, 0) is 33.8 Å². The van der Waals surface area contributed by atoms with Crippen molar-refractivity contribution < 1.29 is 18.7 Å². The van der Waals surface area contributed by atoms with Crippen molar-refractivity contribution in [1.82, 2.24) is 14.4 Å². The molecule has 1 atom stereocenters. The van der Waals surface area contributed by atoms with Gasteiger partial charge < -0.3 is 19.1 Å². The van der Waals surface area contributed by atoms with E-state index in [9.17, 15) is 14.0 Å². The highest BCUT2D eigenvalue weighted by Crippen LogP contribution is 2.31. The number of fused-ring (bicyclic) bond motifs is 3. The van der Waals surface area contributed by atoms with Crippen LogP contribution in [0, 0.1) is 11.7 Å². The Bertz CT molecular complexity index is 961. The molecule has 2 aliphatic heterocycles. The number of likely N-dealkylation sites (N-methyl/N-ethyl adjacent to an activating group) is 1. The van der Waals surface area contributed by atoms with Crippen LogP contribution in [0.3, 0.4) is 0 Å². The van der Waals surface area contributed by atoms with E-state index in [1.54, 1.807) is 17.9 Å². The Morgan fingerprint density at radius 2 is 2.06 bits per heavy atom. The molecule has 0 spiro atoms. The number of aryl methyl sites for hydroxylation is 1. The average Bonchev–Trinajstić information content (AvgIpc) is 3.04. The Hall–Kier alpha value is -2.12. The molecule has 0 aliphatic carbocycles. The van der Waals surface area contributed by atoms with Crippen LogP contribution in [0.4, 0.5) is 4.39 Å². The minimum absolute atomic E-state index is 0. The maximum atomic E-state index is 13.9. The van der Waals surface area contributed by atoms with Crippen LogP contribution in [-0.4, -0.2) is 59.5 Å². The molecule has 4 rings (SSSR count). The fraction of sp³-hybridized carbons (Fsp3) is 0.565. The van der Waals surface area contributed by atoms with E-state index in [1.807, 2.05) is 6.07 Å². The van der Waals surface area contributed by atoms with Gasteiger partial charge in [0.05, 0.1) is 12.5 Å². The third-order valence-electron chi connectivity index (χ3n) is 6.35. The zero-order chi connectivity index (χ0) is 21.3. The minimum Gasteiger partial charge on any atom is -0.466 e. The highest BCUT2D eigenvalue weighted by molar-refractivity contribution is 5.86. The third kappa shape index (κ3) is 4.88. The van der Waals surface area contributed by atoms with E-state index < -0.39 is 0 Å². The number of carbonyl (C=O) groups excluding carboxylic acids is 2. The number of nitrogens with zero attached hydrogens (tertiary/aromatic N) is 3. The lowest BCUT2D eigenvalue weighted by Crippen LogP contribution is -2.43. The molecule has 0 radical (unpaired) electrons. The van der Waals surface area contributed by atoms with Gasteiger partial charge in [0.1, 0.15) is 5.82 Å². The molecule has 31 heavy (non-hydrogen) atoms. The highest BCUT2D eigenvalue weighted by Gasteiger charge is 2.29. The van der Waals surface area contributed by atoms with E-state index in [2.05, 4.69) is 16.5 Å². The summed E-state index contributed by atoms with van der Waals surface area (Å²) in [5.41, 5.74) is 3.38. The number of piperidine rings is 1. The summed E-state index contributed by atoms with van der Waals surface area (Å²) in [5, 5.41) is 0.948.